The molecule has 0 bridgehead atoms. The van der Waals surface area contributed by atoms with Gasteiger partial charge in [0.15, 0.2) is 6.54 Å². The van der Waals surface area contributed by atoms with Crippen LogP contribution in [0, 0.1) is 0 Å². The minimum atomic E-state index is -4.17. The average molecular weight is 397 g/mol. The van der Waals surface area contributed by atoms with Crippen LogP contribution in [-0.4, -0.2) is 43.0 Å². The van der Waals surface area contributed by atoms with Crippen molar-refractivity contribution >= 4 is 49.5 Å². The fourth-order valence-electron chi connectivity index (χ4n) is 2.70. The van der Waals surface area contributed by atoms with E-state index in [9.17, 15) is 13.0 Å². The average Bonchev–Trinajstić information content (AvgIpc) is 3.11. The molecule has 0 atom stereocenters. The fraction of sp³-hybridized carbons (Fsp3) is 0.353. The normalized spacial score (nSPS) is 17.4. The molecule has 1 aliphatic rings. The molecule has 1 fully saturated rings. The highest BCUT2D eigenvalue weighted by molar-refractivity contribution is 8.03. The van der Waals surface area contributed by atoms with Gasteiger partial charge in [-0.3, -0.25) is 0 Å². The van der Waals surface area contributed by atoms with Gasteiger partial charge in [0.05, 0.1) is 15.1 Å². The second-order valence-electron chi connectivity index (χ2n) is 5.81. The highest BCUT2D eigenvalue weighted by Gasteiger charge is 2.18. The molecule has 1 aromatic heterocycles. The van der Waals surface area contributed by atoms with Crippen LogP contribution in [0.4, 0.5) is 0 Å². The van der Waals surface area contributed by atoms with Crippen molar-refractivity contribution in [3.63, 3.8) is 0 Å². The van der Waals surface area contributed by atoms with Crippen molar-refractivity contribution in [2.45, 2.75) is 13.0 Å². The number of aryl methyl sites for hydroxylation is 1. The molecule has 0 saturated carbocycles. The highest BCUT2D eigenvalue weighted by Crippen LogP contribution is 2.26. The van der Waals surface area contributed by atoms with Gasteiger partial charge in [0.2, 0.25) is 5.52 Å². The summed E-state index contributed by atoms with van der Waals surface area (Å²) in [5.41, 5.74) is 1.07. The molecule has 25 heavy (non-hydrogen) atoms. The molecule has 0 amide bonds. The Morgan fingerprint density at radius 2 is 2.16 bits per heavy atom. The van der Waals surface area contributed by atoms with Crippen molar-refractivity contribution in [1.29, 1.82) is 0 Å². The molecule has 134 valence electrons. The molecule has 2 heterocycles. The summed E-state index contributed by atoms with van der Waals surface area (Å²) in [5.74, 6) is 0.779. The number of allylic oxidation sites excluding steroid dienone is 2. The lowest BCUT2D eigenvalue weighted by molar-refractivity contribution is -0.668. The Morgan fingerprint density at radius 1 is 1.36 bits per heavy atom. The second-order valence-corrected chi connectivity index (χ2v) is 9.51. The van der Waals surface area contributed by atoms with Crippen LogP contribution < -0.4 is 4.57 Å². The summed E-state index contributed by atoms with van der Waals surface area (Å²) < 4.78 is 35.8. The molecular weight excluding hydrogens is 376 g/mol. The van der Waals surface area contributed by atoms with Crippen LogP contribution in [0.25, 0.3) is 16.3 Å². The molecule has 1 aromatic carbocycles. The van der Waals surface area contributed by atoms with Crippen LogP contribution in [0.2, 0.25) is 0 Å². The standard InChI is InChI=1S/C17H20N2O3S3/c1-18-11-12-23-16(18)8-4-9-17-19(10-5-13-25(20,21)22)14-6-2-3-7-15(14)24-17/h2-4,6-9H,5,10-13H2,1H3. The third kappa shape index (κ3) is 4.84. The van der Waals surface area contributed by atoms with Gasteiger partial charge < -0.3 is 9.45 Å². The van der Waals surface area contributed by atoms with Crippen molar-refractivity contribution in [3.8, 4) is 0 Å². The predicted octanol–water partition coefficient (Wildman–Crippen LogP) is 2.66. The maximum atomic E-state index is 10.9. The maximum absolute atomic E-state index is 10.9. The maximum Gasteiger partial charge on any atom is 0.262 e. The van der Waals surface area contributed by atoms with Gasteiger partial charge in [0, 0.05) is 43.7 Å². The molecule has 0 unspecified atom stereocenters. The summed E-state index contributed by atoms with van der Waals surface area (Å²) in [7, 11) is -2.09. The van der Waals surface area contributed by atoms with E-state index in [1.54, 1.807) is 11.3 Å². The Balaban J connectivity index is 1.84. The van der Waals surface area contributed by atoms with E-state index in [2.05, 4.69) is 34.7 Å². The molecule has 0 N–H and O–H groups in total. The Hall–Kier alpha value is -1.35. The first-order valence-electron chi connectivity index (χ1n) is 8.01. The lowest BCUT2D eigenvalue weighted by atomic mass is 10.3. The Labute approximate surface area is 156 Å². The summed E-state index contributed by atoms with van der Waals surface area (Å²) in [6, 6.07) is 8.03. The lowest BCUT2D eigenvalue weighted by Gasteiger charge is -2.09. The summed E-state index contributed by atoms with van der Waals surface area (Å²) >= 11 is 3.51. The third-order valence-electron chi connectivity index (χ3n) is 3.94. The molecule has 5 nitrogen and oxygen atoms in total. The van der Waals surface area contributed by atoms with Gasteiger partial charge in [-0.25, -0.2) is 8.42 Å². The molecule has 8 heteroatoms. The first kappa shape index (κ1) is 18.4. The van der Waals surface area contributed by atoms with Gasteiger partial charge in [-0.05, 0) is 12.1 Å². The number of thiazole rings is 1. The van der Waals surface area contributed by atoms with Crippen molar-refractivity contribution in [2.24, 2.45) is 0 Å². The minimum Gasteiger partial charge on any atom is -0.748 e. The van der Waals surface area contributed by atoms with Crippen molar-refractivity contribution in [3.05, 3.63) is 46.5 Å². The van der Waals surface area contributed by atoms with Crippen LogP contribution >= 0.6 is 23.1 Å². The Bertz CT molecular complexity index is 916. The number of para-hydroxylation sites is 1. The molecule has 0 spiro atoms. The third-order valence-corrected chi connectivity index (χ3v) is 6.99. The van der Waals surface area contributed by atoms with Crippen molar-refractivity contribution in [1.82, 2.24) is 4.90 Å². The van der Waals surface area contributed by atoms with Crippen LogP contribution in [0.15, 0.2) is 41.4 Å². The zero-order valence-electron chi connectivity index (χ0n) is 13.9. The van der Waals surface area contributed by atoms with Crippen molar-refractivity contribution in [2.75, 3.05) is 25.1 Å². The number of thioether (sulfide) groups is 1. The molecule has 0 radical (unpaired) electrons. The van der Waals surface area contributed by atoms with E-state index in [0.29, 0.717) is 13.0 Å². The lowest BCUT2D eigenvalue weighted by Crippen LogP contribution is -2.35. The van der Waals surface area contributed by atoms with Gasteiger partial charge in [0.25, 0.3) is 5.01 Å². The van der Waals surface area contributed by atoms with Gasteiger partial charge in [-0.2, -0.15) is 4.57 Å². The summed E-state index contributed by atoms with van der Waals surface area (Å²) in [6.45, 7) is 1.58. The highest BCUT2D eigenvalue weighted by atomic mass is 32.2. The van der Waals surface area contributed by atoms with E-state index in [1.165, 1.54) is 5.03 Å². The SMILES string of the molecule is CN1CCS/C1=C\C=C\c1sc2ccccc2[n+]1CCCS(=O)(=O)[O-]. The number of hydrogen-bond donors (Lipinski definition) is 0. The van der Waals surface area contributed by atoms with Gasteiger partial charge in [0.1, 0.15) is 4.70 Å². The molecule has 1 aliphatic heterocycles. The van der Waals surface area contributed by atoms with Crippen molar-refractivity contribution < 1.29 is 17.5 Å². The number of fused-ring (bicyclic) bond motifs is 1. The minimum absolute atomic E-state index is 0.317. The number of benzene rings is 1. The molecule has 0 aliphatic carbocycles. The van der Waals surface area contributed by atoms with E-state index in [1.807, 2.05) is 36.0 Å². The van der Waals surface area contributed by atoms with E-state index >= 15 is 0 Å². The molecule has 2 aromatic rings. The monoisotopic (exact) mass is 396 g/mol. The zero-order chi connectivity index (χ0) is 17.9. The van der Waals surface area contributed by atoms with E-state index < -0.39 is 10.1 Å². The Kier molecular flexibility index (Phi) is 5.83. The van der Waals surface area contributed by atoms with E-state index in [4.69, 9.17) is 0 Å². The summed E-state index contributed by atoms with van der Waals surface area (Å²) in [6.07, 6.45) is 6.51. The van der Waals surface area contributed by atoms with E-state index in [-0.39, 0.29) is 5.75 Å². The zero-order valence-corrected chi connectivity index (χ0v) is 16.4. The fourth-order valence-corrected chi connectivity index (χ4v) is 5.35. The largest absolute Gasteiger partial charge is 0.748 e. The topological polar surface area (TPSA) is 64.3 Å². The van der Waals surface area contributed by atoms with E-state index in [0.717, 1.165) is 27.5 Å². The number of rotatable bonds is 6. The first-order valence-corrected chi connectivity index (χ1v) is 11.4. The van der Waals surface area contributed by atoms with Crippen LogP contribution in [0.3, 0.4) is 0 Å². The molecule has 3 rings (SSSR count). The first-order chi connectivity index (χ1) is 11.9. The van der Waals surface area contributed by atoms with Gasteiger partial charge in [-0.1, -0.05) is 29.5 Å². The van der Waals surface area contributed by atoms with Gasteiger partial charge >= 0.3 is 0 Å². The number of nitrogens with zero attached hydrogens (tertiary/aromatic N) is 2. The Morgan fingerprint density at radius 3 is 2.88 bits per heavy atom. The number of aromatic nitrogens is 1. The van der Waals surface area contributed by atoms with Crippen LogP contribution in [0.5, 0.6) is 0 Å². The smallest absolute Gasteiger partial charge is 0.262 e. The summed E-state index contributed by atoms with van der Waals surface area (Å²) in [5, 5.41) is 2.30. The predicted molar refractivity (Wildman–Crippen MR) is 103 cm³/mol. The van der Waals surface area contributed by atoms with Crippen LogP contribution in [0.1, 0.15) is 11.4 Å². The second kappa shape index (κ2) is 7.90. The quantitative estimate of drug-likeness (QED) is 0.555. The molecule has 1 saturated heterocycles. The van der Waals surface area contributed by atoms with Crippen LogP contribution in [-0.2, 0) is 16.7 Å². The summed E-state index contributed by atoms with van der Waals surface area (Å²) in [4.78, 5) is 2.23. The number of hydrogen-bond acceptors (Lipinski definition) is 6. The molecular formula is C17H20N2O3S3. The van der Waals surface area contributed by atoms with Gasteiger partial charge in [-0.15, -0.1) is 11.8 Å².